The molecule has 1 aromatic rings. The van der Waals surface area contributed by atoms with E-state index in [-0.39, 0.29) is 5.92 Å². The molecule has 0 bridgehead atoms. The SMILES string of the molecule is CCCCCCCCC(CCC=Cc1ccccc1)C(OCC)(OCC)OCC. The van der Waals surface area contributed by atoms with Crippen LogP contribution in [-0.4, -0.2) is 25.8 Å². The molecule has 0 amide bonds. The van der Waals surface area contributed by atoms with Gasteiger partial charge in [-0.1, -0.05) is 87.9 Å². The molecule has 0 N–H and O–H groups in total. The van der Waals surface area contributed by atoms with Crippen LogP contribution in [-0.2, 0) is 14.2 Å². The molecule has 1 aromatic carbocycles. The zero-order valence-corrected chi connectivity index (χ0v) is 19.3. The third-order valence-electron chi connectivity index (χ3n) is 5.23. The van der Waals surface area contributed by atoms with Crippen molar-refractivity contribution < 1.29 is 14.2 Å². The Morgan fingerprint density at radius 2 is 1.34 bits per heavy atom. The average molecular weight is 405 g/mol. The quantitative estimate of drug-likeness (QED) is 0.186. The zero-order valence-electron chi connectivity index (χ0n) is 19.3. The smallest absolute Gasteiger partial charge is 0.285 e. The molecule has 1 rings (SSSR count). The van der Waals surface area contributed by atoms with Crippen molar-refractivity contribution in [2.45, 2.75) is 91.5 Å². The van der Waals surface area contributed by atoms with Gasteiger partial charge in [0.1, 0.15) is 0 Å². The van der Waals surface area contributed by atoms with E-state index in [4.69, 9.17) is 14.2 Å². The Morgan fingerprint density at radius 1 is 0.759 bits per heavy atom. The molecule has 0 saturated carbocycles. The first-order chi connectivity index (χ1) is 14.2. The number of ether oxygens (including phenoxy) is 3. The van der Waals surface area contributed by atoms with E-state index in [0.717, 1.165) is 19.3 Å². The van der Waals surface area contributed by atoms with E-state index in [1.54, 1.807) is 0 Å². The highest BCUT2D eigenvalue weighted by Crippen LogP contribution is 2.34. The van der Waals surface area contributed by atoms with Crippen molar-refractivity contribution in [2.24, 2.45) is 5.92 Å². The maximum atomic E-state index is 6.11. The maximum Gasteiger partial charge on any atom is 0.285 e. The molecule has 166 valence electrons. The van der Waals surface area contributed by atoms with Crippen molar-refractivity contribution in [2.75, 3.05) is 19.8 Å². The van der Waals surface area contributed by atoms with E-state index in [9.17, 15) is 0 Å². The molecule has 1 atom stereocenters. The van der Waals surface area contributed by atoms with Crippen molar-refractivity contribution in [1.29, 1.82) is 0 Å². The van der Waals surface area contributed by atoms with Crippen LogP contribution in [0.15, 0.2) is 36.4 Å². The average Bonchev–Trinajstić information content (AvgIpc) is 2.73. The Kier molecular flexibility index (Phi) is 14.8. The van der Waals surface area contributed by atoms with Crippen molar-refractivity contribution in [3.8, 4) is 0 Å². The van der Waals surface area contributed by atoms with Crippen molar-refractivity contribution in [3.05, 3.63) is 42.0 Å². The number of hydrogen-bond donors (Lipinski definition) is 0. The summed E-state index contributed by atoms with van der Waals surface area (Å²) in [6.07, 6.45) is 15.3. The largest absolute Gasteiger partial charge is 0.328 e. The van der Waals surface area contributed by atoms with E-state index < -0.39 is 5.97 Å². The highest BCUT2D eigenvalue weighted by Gasteiger charge is 2.41. The summed E-state index contributed by atoms with van der Waals surface area (Å²) < 4.78 is 18.3. The lowest BCUT2D eigenvalue weighted by molar-refractivity contribution is -0.403. The van der Waals surface area contributed by atoms with Crippen LogP contribution in [0.5, 0.6) is 0 Å². The molecule has 0 fully saturated rings. The van der Waals surface area contributed by atoms with Gasteiger partial charge in [-0.3, -0.25) is 0 Å². The first-order valence-electron chi connectivity index (χ1n) is 11.9. The second-order valence-corrected chi connectivity index (χ2v) is 7.55. The molecule has 29 heavy (non-hydrogen) atoms. The standard InChI is InChI=1S/C26H44O3/c1-5-9-10-11-12-16-22-25(26(27-6-2,28-7-3)29-8-4)23-18-17-21-24-19-14-13-15-20-24/h13-15,17,19-21,25H,5-12,16,18,22-23H2,1-4H3. The molecule has 0 aliphatic carbocycles. The molecule has 3 nitrogen and oxygen atoms in total. The topological polar surface area (TPSA) is 27.7 Å². The molecule has 3 heteroatoms. The fraction of sp³-hybridized carbons (Fsp3) is 0.692. The van der Waals surface area contributed by atoms with Gasteiger partial charge in [0.05, 0.1) is 0 Å². The molecular weight excluding hydrogens is 360 g/mol. The minimum atomic E-state index is -0.914. The summed E-state index contributed by atoms with van der Waals surface area (Å²) >= 11 is 0. The minimum Gasteiger partial charge on any atom is -0.328 e. The number of hydrogen-bond acceptors (Lipinski definition) is 3. The van der Waals surface area contributed by atoms with E-state index in [2.05, 4.69) is 49.4 Å². The van der Waals surface area contributed by atoms with E-state index in [1.807, 2.05) is 20.8 Å². The Labute approximate surface area is 179 Å². The molecule has 0 aliphatic rings. The van der Waals surface area contributed by atoms with Crippen LogP contribution in [0.1, 0.15) is 91.0 Å². The van der Waals surface area contributed by atoms with E-state index in [1.165, 1.54) is 44.1 Å². The molecule has 0 radical (unpaired) electrons. The van der Waals surface area contributed by atoms with Gasteiger partial charge in [-0.15, -0.1) is 0 Å². The third kappa shape index (κ3) is 10.4. The second-order valence-electron chi connectivity index (χ2n) is 7.55. The van der Waals surface area contributed by atoms with Gasteiger partial charge < -0.3 is 14.2 Å². The lowest BCUT2D eigenvalue weighted by Gasteiger charge is -2.39. The van der Waals surface area contributed by atoms with Gasteiger partial charge in [0, 0.05) is 25.7 Å². The van der Waals surface area contributed by atoms with E-state index in [0.29, 0.717) is 19.8 Å². The fourth-order valence-electron chi connectivity index (χ4n) is 3.83. The highest BCUT2D eigenvalue weighted by atomic mass is 16.9. The Morgan fingerprint density at radius 3 is 1.93 bits per heavy atom. The van der Waals surface area contributed by atoms with Crippen LogP contribution in [0.2, 0.25) is 0 Å². The molecule has 0 spiro atoms. The Balaban J connectivity index is 2.74. The van der Waals surface area contributed by atoms with Gasteiger partial charge >= 0.3 is 0 Å². The summed E-state index contributed by atoms with van der Waals surface area (Å²) in [4.78, 5) is 0. The Hall–Kier alpha value is -1.16. The lowest BCUT2D eigenvalue weighted by Crippen LogP contribution is -2.46. The van der Waals surface area contributed by atoms with Crippen LogP contribution in [0.3, 0.4) is 0 Å². The minimum absolute atomic E-state index is 0.231. The summed E-state index contributed by atoms with van der Waals surface area (Å²) in [6.45, 7) is 10.1. The van der Waals surface area contributed by atoms with Gasteiger partial charge in [-0.05, 0) is 45.6 Å². The van der Waals surface area contributed by atoms with E-state index >= 15 is 0 Å². The van der Waals surface area contributed by atoms with Crippen molar-refractivity contribution >= 4 is 6.08 Å². The van der Waals surface area contributed by atoms with Crippen LogP contribution >= 0.6 is 0 Å². The van der Waals surface area contributed by atoms with Crippen LogP contribution < -0.4 is 0 Å². The first-order valence-corrected chi connectivity index (χ1v) is 11.9. The number of benzene rings is 1. The molecule has 0 saturated heterocycles. The Bertz CT molecular complexity index is 495. The summed E-state index contributed by atoms with van der Waals surface area (Å²) in [7, 11) is 0. The summed E-state index contributed by atoms with van der Waals surface area (Å²) in [5.41, 5.74) is 1.24. The zero-order chi connectivity index (χ0) is 21.2. The summed E-state index contributed by atoms with van der Waals surface area (Å²) in [6, 6.07) is 10.5. The second kappa shape index (κ2) is 16.6. The molecular formula is C26H44O3. The first kappa shape index (κ1) is 25.9. The number of unbranched alkanes of at least 4 members (excludes halogenated alkanes) is 5. The van der Waals surface area contributed by atoms with Gasteiger partial charge in [-0.2, -0.15) is 0 Å². The van der Waals surface area contributed by atoms with Crippen LogP contribution in [0.4, 0.5) is 0 Å². The van der Waals surface area contributed by atoms with Gasteiger partial charge in [0.2, 0.25) is 0 Å². The summed E-state index contributed by atoms with van der Waals surface area (Å²) in [5, 5.41) is 0. The predicted molar refractivity (Wildman–Crippen MR) is 124 cm³/mol. The molecule has 1 unspecified atom stereocenters. The van der Waals surface area contributed by atoms with Gasteiger partial charge in [-0.25, -0.2) is 0 Å². The summed E-state index contributed by atoms with van der Waals surface area (Å²) in [5.74, 6) is -0.684. The monoisotopic (exact) mass is 404 g/mol. The number of allylic oxidation sites excluding steroid dienone is 1. The normalized spacial score (nSPS) is 13.2. The van der Waals surface area contributed by atoms with Gasteiger partial charge in [0.15, 0.2) is 0 Å². The van der Waals surface area contributed by atoms with Crippen molar-refractivity contribution in [3.63, 3.8) is 0 Å². The maximum absolute atomic E-state index is 6.11. The highest BCUT2D eigenvalue weighted by molar-refractivity contribution is 5.48. The molecule has 0 heterocycles. The van der Waals surface area contributed by atoms with Gasteiger partial charge in [0.25, 0.3) is 5.97 Å². The fourth-order valence-corrected chi connectivity index (χ4v) is 3.83. The predicted octanol–water partition coefficient (Wildman–Crippen LogP) is 7.61. The van der Waals surface area contributed by atoms with Crippen molar-refractivity contribution in [1.82, 2.24) is 0 Å². The number of rotatable bonds is 18. The van der Waals surface area contributed by atoms with Crippen LogP contribution in [0.25, 0.3) is 6.08 Å². The van der Waals surface area contributed by atoms with Crippen LogP contribution in [0, 0.1) is 5.92 Å². The molecule has 0 aliphatic heterocycles. The molecule has 0 aromatic heterocycles. The third-order valence-corrected chi connectivity index (χ3v) is 5.23. The lowest BCUT2D eigenvalue weighted by atomic mass is 9.92.